The van der Waals surface area contributed by atoms with E-state index in [9.17, 15) is 0 Å². The van der Waals surface area contributed by atoms with E-state index in [2.05, 4.69) is 23.6 Å². The number of nitrogens with one attached hydrogen (secondary N) is 1. The molecule has 20 heavy (non-hydrogen) atoms. The Balaban J connectivity index is 2.02. The lowest BCUT2D eigenvalue weighted by atomic mass is 9.91. The molecule has 0 saturated carbocycles. The van der Waals surface area contributed by atoms with Crippen LogP contribution in [0.25, 0.3) is 0 Å². The first kappa shape index (κ1) is 15.1. The second-order valence-electron chi connectivity index (χ2n) is 5.50. The highest BCUT2D eigenvalue weighted by molar-refractivity contribution is 5.29. The molecule has 3 N–H and O–H groups in total. The van der Waals surface area contributed by atoms with Gasteiger partial charge in [0.2, 0.25) is 0 Å². The van der Waals surface area contributed by atoms with Crippen molar-refractivity contribution >= 4 is 0 Å². The summed E-state index contributed by atoms with van der Waals surface area (Å²) in [6.07, 6.45) is 11.0. The van der Waals surface area contributed by atoms with Gasteiger partial charge in [0.1, 0.15) is 5.75 Å². The topological polar surface area (TPSA) is 47.3 Å². The number of rotatable bonds is 5. The van der Waals surface area contributed by atoms with Gasteiger partial charge in [0.15, 0.2) is 0 Å². The van der Waals surface area contributed by atoms with E-state index in [4.69, 9.17) is 10.6 Å². The molecule has 0 fully saturated rings. The average molecular weight is 274 g/mol. The quantitative estimate of drug-likeness (QED) is 0.492. The molecule has 3 nitrogen and oxygen atoms in total. The van der Waals surface area contributed by atoms with Crippen LogP contribution in [-0.4, -0.2) is 13.2 Å². The predicted octanol–water partition coefficient (Wildman–Crippen LogP) is 3.35. The Morgan fingerprint density at radius 1 is 1.15 bits per heavy atom. The van der Waals surface area contributed by atoms with Gasteiger partial charge in [0.05, 0.1) is 7.11 Å². The summed E-state index contributed by atoms with van der Waals surface area (Å²) in [4.78, 5) is 0. The Morgan fingerprint density at radius 2 is 1.90 bits per heavy atom. The molecular formula is C17H26N2O. The number of nitrogens with two attached hydrogens (primary N) is 1. The van der Waals surface area contributed by atoms with E-state index < -0.39 is 0 Å². The molecule has 1 aromatic carbocycles. The lowest BCUT2D eigenvalue weighted by molar-refractivity contribution is 0.414. The number of hydrogen-bond acceptors (Lipinski definition) is 3. The molecule has 0 spiro atoms. The van der Waals surface area contributed by atoms with Gasteiger partial charge in [-0.3, -0.25) is 11.3 Å². The Bertz CT molecular complexity index is 425. The second-order valence-corrected chi connectivity index (χ2v) is 5.50. The van der Waals surface area contributed by atoms with Crippen molar-refractivity contribution in [2.45, 2.75) is 51.0 Å². The molecular weight excluding hydrogens is 248 g/mol. The number of methoxy groups -OCH3 is 1. The van der Waals surface area contributed by atoms with Crippen LogP contribution in [0.5, 0.6) is 5.75 Å². The van der Waals surface area contributed by atoms with Crippen LogP contribution in [-0.2, 0) is 6.42 Å². The highest BCUT2D eigenvalue weighted by Gasteiger charge is 2.14. The van der Waals surface area contributed by atoms with Crippen LogP contribution in [0.15, 0.2) is 35.9 Å². The zero-order valence-corrected chi connectivity index (χ0v) is 12.4. The lowest BCUT2D eigenvalue weighted by Crippen LogP contribution is -2.38. The molecule has 1 unspecified atom stereocenters. The summed E-state index contributed by atoms with van der Waals surface area (Å²) in [5, 5.41) is 0. The maximum absolute atomic E-state index is 5.78. The van der Waals surface area contributed by atoms with Crippen molar-refractivity contribution in [1.29, 1.82) is 0 Å². The summed E-state index contributed by atoms with van der Waals surface area (Å²) in [5.74, 6) is 6.68. The van der Waals surface area contributed by atoms with E-state index in [1.54, 1.807) is 7.11 Å². The molecule has 0 bridgehead atoms. The van der Waals surface area contributed by atoms with Crippen molar-refractivity contribution in [3.8, 4) is 5.75 Å². The highest BCUT2D eigenvalue weighted by Crippen LogP contribution is 2.22. The molecule has 0 aromatic heterocycles. The number of benzene rings is 1. The normalized spacial score (nSPS) is 20.4. The Kier molecular flexibility index (Phi) is 6.09. The number of ether oxygens (including phenoxy) is 1. The summed E-state index contributed by atoms with van der Waals surface area (Å²) in [6.45, 7) is 0. The molecule has 2 rings (SSSR count). The van der Waals surface area contributed by atoms with Crippen molar-refractivity contribution < 1.29 is 4.74 Å². The van der Waals surface area contributed by atoms with Gasteiger partial charge in [-0.1, -0.05) is 36.6 Å². The highest BCUT2D eigenvalue weighted by atomic mass is 16.5. The van der Waals surface area contributed by atoms with E-state index in [1.165, 1.54) is 49.7 Å². The monoisotopic (exact) mass is 274 g/mol. The minimum atomic E-state index is 0.251. The molecule has 0 amide bonds. The molecule has 0 saturated heterocycles. The fourth-order valence-electron chi connectivity index (χ4n) is 2.83. The van der Waals surface area contributed by atoms with Gasteiger partial charge in [-0.2, -0.15) is 0 Å². The molecule has 0 radical (unpaired) electrons. The molecule has 3 heteroatoms. The van der Waals surface area contributed by atoms with Gasteiger partial charge in [0.25, 0.3) is 0 Å². The van der Waals surface area contributed by atoms with E-state index in [-0.39, 0.29) is 6.04 Å². The van der Waals surface area contributed by atoms with E-state index >= 15 is 0 Å². The smallest absolute Gasteiger partial charge is 0.118 e. The number of hydrogen-bond donors (Lipinski definition) is 2. The van der Waals surface area contributed by atoms with Crippen LogP contribution < -0.4 is 16.0 Å². The number of hydrazine groups is 1. The van der Waals surface area contributed by atoms with Crippen molar-refractivity contribution in [2.24, 2.45) is 5.84 Å². The Labute approximate surface area is 122 Å². The maximum Gasteiger partial charge on any atom is 0.118 e. The van der Waals surface area contributed by atoms with Crippen molar-refractivity contribution in [1.82, 2.24) is 5.43 Å². The van der Waals surface area contributed by atoms with Gasteiger partial charge in [-0.05, 0) is 49.8 Å². The van der Waals surface area contributed by atoms with E-state index in [0.717, 1.165) is 12.2 Å². The summed E-state index contributed by atoms with van der Waals surface area (Å²) < 4.78 is 5.20. The Hall–Kier alpha value is -1.32. The largest absolute Gasteiger partial charge is 0.497 e. The summed E-state index contributed by atoms with van der Waals surface area (Å²) in [7, 11) is 1.69. The van der Waals surface area contributed by atoms with Crippen LogP contribution in [0, 0.1) is 0 Å². The first-order chi connectivity index (χ1) is 9.83. The standard InChI is InChI=1S/C17H26N2O/c1-20-16-11-9-14(10-12-16)13-17(19-18)15-7-5-3-2-4-6-8-15/h7,9-12,17,19H,2-6,8,13,18H2,1H3/b15-7+. The Morgan fingerprint density at radius 3 is 2.60 bits per heavy atom. The SMILES string of the molecule is COc1ccc(CC(NN)/C2=C/CCCCCC2)cc1. The van der Waals surface area contributed by atoms with Crippen LogP contribution in [0.2, 0.25) is 0 Å². The average Bonchev–Trinajstić information content (AvgIpc) is 2.46. The fraction of sp³-hybridized carbons (Fsp3) is 0.529. The maximum atomic E-state index is 5.78. The third kappa shape index (κ3) is 4.36. The summed E-state index contributed by atoms with van der Waals surface area (Å²) in [5.41, 5.74) is 5.76. The first-order valence-electron chi connectivity index (χ1n) is 7.61. The zero-order valence-electron chi connectivity index (χ0n) is 12.4. The van der Waals surface area contributed by atoms with Crippen LogP contribution in [0.4, 0.5) is 0 Å². The van der Waals surface area contributed by atoms with E-state index in [1.807, 2.05) is 12.1 Å². The number of allylic oxidation sites excluding steroid dienone is 1. The minimum absolute atomic E-state index is 0.251. The van der Waals surface area contributed by atoms with Crippen LogP contribution in [0.3, 0.4) is 0 Å². The molecule has 1 aliphatic carbocycles. The van der Waals surface area contributed by atoms with Gasteiger partial charge >= 0.3 is 0 Å². The third-order valence-corrected chi connectivity index (χ3v) is 4.07. The minimum Gasteiger partial charge on any atom is -0.497 e. The van der Waals surface area contributed by atoms with Crippen LogP contribution in [0.1, 0.15) is 44.1 Å². The molecule has 1 aliphatic rings. The van der Waals surface area contributed by atoms with Gasteiger partial charge in [0, 0.05) is 6.04 Å². The molecule has 0 heterocycles. The summed E-state index contributed by atoms with van der Waals surface area (Å²) in [6, 6.07) is 8.51. The fourth-order valence-corrected chi connectivity index (χ4v) is 2.83. The predicted molar refractivity (Wildman–Crippen MR) is 83.6 cm³/mol. The zero-order chi connectivity index (χ0) is 14.2. The van der Waals surface area contributed by atoms with Gasteiger partial charge in [-0.25, -0.2) is 0 Å². The van der Waals surface area contributed by atoms with Crippen molar-refractivity contribution in [3.63, 3.8) is 0 Å². The first-order valence-corrected chi connectivity index (χ1v) is 7.61. The van der Waals surface area contributed by atoms with E-state index in [0.29, 0.717) is 0 Å². The lowest BCUT2D eigenvalue weighted by Gasteiger charge is -2.21. The van der Waals surface area contributed by atoms with Crippen molar-refractivity contribution in [2.75, 3.05) is 7.11 Å². The molecule has 1 aromatic rings. The van der Waals surface area contributed by atoms with Gasteiger partial charge in [-0.15, -0.1) is 0 Å². The van der Waals surface area contributed by atoms with Crippen molar-refractivity contribution in [3.05, 3.63) is 41.5 Å². The summed E-state index contributed by atoms with van der Waals surface area (Å²) >= 11 is 0. The second kappa shape index (κ2) is 8.08. The van der Waals surface area contributed by atoms with Gasteiger partial charge < -0.3 is 4.74 Å². The third-order valence-electron chi connectivity index (χ3n) is 4.07. The molecule has 110 valence electrons. The molecule has 0 aliphatic heterocycles. The molecule has 1 atom stereocenters. The van der Waals surface area contributed by atoms with Crippen LogP contribution >= 0.6 is 0 Å².